The number of aldehydes is 1. The van der Waals surface area contributed by atoms with E-state index in [4.69, 9.17) is 5.11 Å². The second-order valence-electron chi connectivity index (χ2n) is 3.67. The van der Waals surface area contributed by atoms with E-state index in [1.165, 1.54) is 0 Å². The Hall–Kier alpha value is -0.940. The van der Waals surface area contributed by atoms with Crippen molar-refractivity contribution in [2.24, 2.45) is 0 Å². The molecule has 0 aromatic carbocycles. The third-order valence-electron chi connectivity index (χ3n) is 2.62. The van der Waals surface area contributed by atoms with Crippen molar-refractivity contribution >= 4 is 12.2 Å². The van der Waals surface area contributed by atoms with E-state index in [1.54, 1.807) is 4.90 Å². The second kappa shape index (κ2) is 6.53. The summed E-state index contributed by atoms with van der Waals surface area (Å²) in [6, 6.07) is 0. The Morgan fingerprint density at radius 2 is 1.93 bits per heavy atom. The van der Waals surface area contributed by atoms with Crippen LogP contribution in [0.5, 0.6) is 0 Å². The molecular weight excluding hydrogens is 196 g/mol. The molecule has 1 fully saturated rings. The van der Waals surface area contributed by atoms with Crippen LogP contribution in [-0.2, 0) is 9.59 Å². The van der Waals surface area contributed by atoms with Crippen LogP contribution in [0.2, 0.25) is 0 Å². The molecule has 1 N–H and O–H groups in total. The normalized spacial score (nSPS) is 17.8. The van der Waals surface area contributed by atoms with Crippen molar-refractivity contribution in [2.75, 3.05) is 39.3 Å². The van der Waals surface area contributed by atoms with Crippen LogP contribution in [0.15, 0.2) is 0 Å². The highest BCUT2D eigenvalue weighted by molar-refractivity contribution is 5.88. The first-order valence-electron chi connectivity index (χ1n) is 5.32. The Morgan fingerprint density at radius 1 is 1.27 bits per heavy atom. The molecule has 1 heterocycles. The van der Waals surface area contributed by atoms with Crippen molar-refractivity contribution in [1.29, 1.82) is 0 Å². The molecule has 0 aromatic heterocycles. The van der Waals surface area contributed by atoms with E-state index in [-0.39, 0.29) is 18.9 Å². The molecule has 15 heavy (non-hydrogen) atoms. The third-order valence-corrected chi connectivity index (χ3v) is 2.62. The Balaban J connectivity index is 2.23. The molecule has 5 nitrogen and oxygen atoms in total. The maximum Gasteiger partial charge on any atom is 0.229 e. The van der Waals surface area contributed by atoms with Gasteiger partial charge in [-0.3, -0.25) is 9.69 Å². The average Bonchev–Trinajstić information content (AvgIpc) is 2.27. The molecular formula is C10H18N2O3. The predicted octanol–water partition coefficient (Wildman–Crippen LogP) is -0.898. The van der Waals surface area contributed by atoms with Crippen LogP contribution in [0, 0.1) is 0 Å². The molecule has 1 saturated heterocycles. The Morgan fingerprint density at radius 3 is 2.47 bits per heavy atom. The lowest BCUT2D eigenvalue weighted by Gasteiger charge is -2.34. The fourth-order valence-corrected chi connectivity index (χ4v) is 1.72. The van der Waals surface area contributed by atoms with Gasteiger partial charge in [0.2, 0.25) is 5.91 Å². The number of aliphatic hydroxyl groups excluding tert-OH is 1. The highest BCUT2D eigenvalue weighted by Crippen LogP contribution is 2.03. The summed E-state index contributed by atoms with van der Waals surface area (Å²) in [5, 5.41) is 8.68. The summed E-state index contributed by atoms with van der Waals surface area (Å²) in [6.45, 7) is 4.15. The lowest BCUT2D eigenvalue weighted by atomic mass is 10.2. The third kappa shape index (κ3) is 3.97. The molecule has 0 bridgehead atoms. The Labute approximate surface area is 89.7 Å². The quantitative estimate of drug-likeness (QED) is 0.476. The molecule has 0 aliphatic carbocycles. The fourth-order valence-electron chi connectivity index (χ4n) is 1.72. The SMILES string of the molecule is O=CCC(=O)N1CCN(CCCO)CC1. The van der Waals surface area contributed by atoms with Crippen molar-refractivity contribution in [2.45, 2.75) is 12.8 Å². The van der Waals surface area contributed by atoms with E-state index in [2.05, 4.69) is 4.90 Å². The smallest absolute Gasteiger partial charge is 0.229 e. The number of carbonyl (C=O) groups is 2. The van der Waals surface area contributed by atoms with Gasteiger partial charge < -0.3 is 14.8 Å². The first-order valence-corrected chi connectivity index (χ1v) is 5.32. The van der Waals surface area contributed by atoms with Crippen LogP contribution in [0.3, 0.4) is 0 Å². The van der Waals surface area contributed by atoms with Gasteiger partial charge in [-0.1, -0.05) is 0 Å². The number of amides is 1. The zero-order valence-corrected chi connectivity index (χ0v) is 8.89. The van der Waals surface area contributed by atoms with Crippen LogP contribution >= 0.6 is 0 Å². The van der Waals surface area contributed by atoms with E-state index in [1.807, 2.05) is 0 Å². The summed E-state index contributed by atoms with van der Waals surface area (Å²) in [6.07, 6.45) is 1.43. The van der Waals surface area contributed by atoms with Gasteiger partial charge in [0.1, 0.15) is 6.29 Å². The van der Waals surface area contributed by atoms with Gasteiger partial charge >= 0.3 is 0 Å². The zero-order valence-electron chi connectivity index (χ0n) is 8.89. The maximum atomic E-state index is 11.4. The van der Waals surface area contributed by atoms with Crippen LogP contribution in [0.25, 0.3) is 0 Å². The number of hydrogen-bond acceptors (Lipinski definition) is 4. The monoisotopic (exact) mass is 214 g/mol. The predicted molar refractivity (Wildman–Crippen MR) is 55.4 cm³/mol. The van der Waals surface area contributed by atoms with E-state index >= 15 is 0 Å². The summed E-state index contributed by atoms with van der Waals surface area (Å²) in [7, 11) is 0. The molecule has 5 heteroatoms. The number of piperazine rings is 1. The van der Waals surface area contributed by atoms with Gasteiger partial charge in [0.05, 0.1) is 6.42 Å². The molecule has 1 aliphatic rings. The number of carbonyl (C=O) groups excluding carboxylic acids is 2. The van der Waals surface area contributed by atoms with Gasteiger partial charge in [-0.2, -0.15) is 0 Å². The molecule has 1 amide bonds. The van der Waals surface area contributed by atoms with Crippen molar-refractivity contribution in [3.63, 3.8) is 0 Å². The van der Waals surface area contributed by atoms with Gasteiger partial charge in [-0.25, -0.2) is 0 Å². The minimum atomic E-state index is -0.0770. The minimum absolute atomic E-state index is 0.00333. The van der Waals surface area contributed by atoms with Gasteiger partial charge in [0.25, 0.3) is 0 Å². The Bertz CT molecular complexity index is 213. The van der Waals surface area contributed by atoms with E-state index in [0.29, 0.717) is 19.4 Å². The molecule has 0 unspecified atom stereocenters. The first-order chi connectivity index (χ1) is 7.27. The Kier molecular flexibility index (Phi) is 5.28. The molecule has 0 radical (unpaired) electrons. The lowest BCUT2D eigenvalue weighted by Crippen LogP contribution is -2.48. The molecule has 0 aromatic rings. The summed E-state index contributed by atoms with van der Waals surface area (Å²) in [5.74, 6) is -0.0770. The van der Waals surface area contributed by atoms with Crippen LogP contribution in [-0.4, -0.2) is 66.4 Å². The topological polar surface area (TPSA) is 60.9 Å². The summed E-state index contributed by atoms with van der Waals surface area (Å²) in [5.41, 5.74) is 0. The highest BCUT2D eigenvalue weighted by Gasteiger charge is 2.19. The molecule has 1 aliphatic heterocycles. The summed E-state index contributed by atoms with van der Waals surface area (Å²) < 4.78 is 0. The molecule has 0 spiro atoms. The van der Waals surface area contributed by atoms with Gasteiger partial charge in [-0.15, -0.1) is 0 Å². The largest absolute Gasteiger partial charge is 0.396 e. The van der Waals surface area contributed by atoms with E-state index in [9.17, 15) is 9.59 Å². The first kappa shape index (κ1) is 12.1. The maximum absolute atomic E-state index is 11.4. The standard InChI is InChI=1S/C10H18N2O3/c13-8-1-3-11-4-6-12(7-5-11)10(15)2-9-14/h9,13H,1-8H2. The molecule has 0 atom stereocenters. The number of hydrogen-bond donors (Lipinski definition) is 1. The minimum Gasteiger partial charge on any atom is -0.396 e. The van der Waals surface area contributed by atoms with Crippen molar-refractivity contribution < 1.29 is 14.7 Å². The van der Waals surface area contributed by atoms with E-state index < -0.39 is 0 Å². The van der Waals surface area contributed by atoms with Gasteiger partial charge in [-0.05, 0) is 6.42 Å². The number of aliphatic hydroxyl groups is 1. The second-order valence-corrected chi connectivity index (χ2v) is 3.67. The zero-order chi connectivity index (χ0) is 11.1. The van der Waals surface area contributed by atoms with Gasteiger partial charge in [0.15, 0.2) is 0 Å². The van der Waals surface area contributed by atoms with Crippen LogP contribution in [0.4, 0.5) is 0 Å². The van der Waals surface area contributed by atoms with E-state index in [0.717, 1.165) is 26.1 Å². The van der Waals surface area contributed by atoms with Crippen molar-refractivity contribution in [3.05, 3.63) is 0 Å². The summed E-state index contributed by atoms with van der Waals surface area (Å²) in [4.78, 5) is 25.5. The fraction of sp³-hybridized carbons (Fsp3) is 0.800. The lowest BCUT2D eigenvalue weighted by molar-refractivity contribution is -0.134. The van der Waals surface area contributed by atoms with Crippen LogP contribution in [0.1, 0.15) is 12.8 Å². The van der Waals surface area contributed by atoms with Crippen molar-refractivity contribution in [3.8, 4) is 0 Å². The molecule has 86 valence electrons. The van der Waals surface area contributed by atoms with Gasteiger partial charge in [0, 0.05) is 39.3 Å². The molecule has 1 rings (SSSR count). The molecule has 0 saturated carbocycles. The number of nitrogens with zero attached hydrogens (tertiary/aromatic N) is 2. The average molecular weight is 214 g/mol. The number of rotatable bonds is 5. The van der Waals surface area contributed by atoms with Crippen LogP contribution < -0.4 is 0 Å². The highest BCUT2D eigenvalue weighted by atomic mass is 16.3. The summed E-state index contributed by atoms with van der Waals surface area (Å²) >= 11 is 0. The van der Waals surface area contributed by atoms with Crippen molar-refractivity contribution in [1.82, 2.24) is 9.80 Å².